The zero-order valence-electron chi connectivity index (χ0n) is 12.0. The second kappa shape index (κ2) is 6.73. The molecule has 0 aliphatic rings. The highest BCUT2D eigenvalue weighted by molar-refractivity contribution is 7.53. The maximum atomic E-state index is 5.83. The summed E-state index contributed by atoms with van der Waals surface area (Å²) in [7, 11) is 2.70. The normalized spacial score (nSPS) is 11.5. The number of hydrogen-bond acceptors (Lipinski definition) is 5. The lowest BCUT2D eigenvalue weighted by atomic mass is 10.3. The summed E-state index contributed by atoms with van der Waals surface area (Å²) in [6, 6.07) is 15.0. The monoisotopic (exact) mass is 336 g/mol. The van der Waals surface area contributed by atoms with E-state index in [2.05, 4.69) is 4.51 Å². The van der Waals surface area contributed by atoms with E-state index in [9.17, 15) is 0 Å². The molecule has 0 radical (unpaired) electrons. The van der Waals surface area contributed by atoms with Crippen LogP contribution in [-0.4, -0.2) is 23.0 Å². The molecule has 0 saturated carbocycles. The fourth-order valence-electron chi connectivity index (χ4n) is 1.80. The van der Waals surface area contributed by atoms with Gasteiger partial charge in [-0.05, 0) is 24.3 Å². The van der Waals surface area contributed by atoms with Crippen molar-refractivity contribution in [2.45, 2.75) is 0 Å². The van der Waals surface area contributed by atoms with Gasteiger partial charge in [0, 0.05) is 0 Å². The van der Waals surface area contributed by atoms with Gasteiger partial charge in [0.2, 0.25) is 11.5 Å². The molecule has 0 N–H and O–H groups in total. The quantitative estimate of drug-likeness (QED) is 0.677. The Morgan fingerprint density at radius 3 is 2.36 bits per heavy atom. The zero-order valence-corrected chi connectivity index (χ0v) is 13.8. The molecule has 1 aromatic heterocycles. The topological polar surface area (TPSA) is 54.7 Å². The second-order valence-electron chi connectivity index (χ2n) is 4.17. The zero-order chi connectivity index (χ0) is 15.4. The van der Waals surface area contributed by atoms with Crippen molar-refractivity contribution in [2.75, 3.05) is 14.2 Å². The smallest absolute Gasteiger partial charge is 0.303 e. The third kappa shape index (κ3) is 3.03. The molecule has 1 heterocycles. The maximum absolute atomic E-state index is 5.83. The molecule has 1 atom stereocenters. The van der Waals surface area contributed by atoms with Gasteiger partial charge in [0.15, 0.2) is 14.3 Å². The molecule has 0 fully saturated rings. The molecule has 22 heavy (non-hydrogen) atoms. The Labute approximate surface area is 130 Å². The van der Waals surface area contributed by atoms with Crippen LogP contribution in [0.3, 0.4) is 0 Å². The molecule has 0 aliphatic heterocycles. The van der Waals surface area contributed by atoms with Crippen LogP contribution in [0.5, 0.6) is 23.0 Å². The molecule has 0 spiro atoms. The third-order valence-corrected chi connectivity index (χ3v) is 5.43. The van der Waals surface area contributed by atoms with E-state index in [4.69, 9.17) is 18.8 Å². The van der Waals surface area contributed by atoms with Crippen LogP contribution in [0.2, 0.25) is 0 Å². The molecular weight excluding hydrogens is 322 g/mol. The first kappa shape index (κ1) is 14.8. The first-order valence-corrected chi connectivity index (χ1v) is 8.42. The predicted molar refractivity (Wildman–Crippen MR) is 85.5 cm³/mol. The summed E-state index contributed by atoms with van der Waals surface area (Å²) in [6.45, 7) is 0. The molecular formula is C14H14N2O4P2. The predicted octanol–water partition coefficient (Wildman–Crippen LogP) is 4.15. The van der Waals surface area contributed by atoms with E-state index in [1.807, 2.05) is 48.5 Å². The first-order valence-electron chi connectivity index (χ1n) is 6.45. The van der Waals surface area contributed by atoms with Crippen LogP contribution >= 0.6 is 16.6 Å². The summed E-state index contributed by atoms with van der Waals surface area (Å²) in [5.74, 6) is 2.48. The fourth-order valence-corrected chi connectivity index (χ4v) is 3.57. The number of methoxy groups -OCH3 is 2. The van der Waals surface area contributed by atoms with Gasteiger partial charge in [-0.25, -0.2) is 0 Å². The largest absolute Gasteiger partial charge is 0.493 e. The third-order valence-electron chi connectivity index (χ3n) is 2.82. The number of ether oxygens (including phenoxy) is 2. The van der Waals surface area contributed by atoms with E-state index < -0.39 is 8.08 Å². The number of hydrogen-bond donors (Lipinski definition) is 0. The molecule has 114 valence electrons. The van der Waals surface area contributed by atoms with Crippen molar-refractivity contribution in [2.24, 2.45) is 0 Å². The van der Waals surface area contributed by atoms with Crippen molar-refractivity contribution in [1.82, 2.24) is 8.76 Å². The Kier molecular flexibility index (Phi) is 4.52. The molecule has 3 rings (SSSR count). The van der Waals surface area contributed by atoms with E-state index in [1.165, 1.54) is 0 Å². The number of rotatable bonds is 6. The fraction of sp³-hybridized carbons (Fsp3) is 0.143. The van der Waals surface area contributed by atoms with Crippen molar-refractivity contribution in [3.05, 3.63) is 48.5 Å². The summed E-state index contributed by atoms with van der Waals surface area (Å²) >= 11 is 0. The van der Waals surface area contributed by atoms with Crippen LogP contribution in [-0.2, 0) is 0 Å². The van der Waals surface area contributed by atoms with Crippen LogP contribution in [0.15, 0.2) is 48.5 Å². The lowest BCUT2D eigenvalue weighted by molar-refractivity contribution is 0.244. The molecule has 8 heteroatoms. The van der Waals surface area contributed by atoms with Gasteiger partial charge in [-0.3, -0.25) is 0 Å². The van der Waals surface area contributed by atoms with Gasteiger partial charge in [-0.1, -0.05) is 28.5 Å². The highest BCUT2D eigenvalue weighted by atomic mass is 31.2. The summed E-state index contributed by atoms with van der Waals surface area (Å²) in [5.41, 5.74) is 0. The minimum absolute atomic E-state index is 0.543. The van der Waals surface area contributed by atoms with Gasteiger partial charge in [-0.2, -0.15) is 0 Å². The van der Waals surface area contributed by atoms with Crippen LogP contribution in [0, 0.1) is 0 Å². The Bertz CT molecular complexity index is 742. The van der Waals surface area contributed by atoms with Crippen molar-refractivity contribution in [1.29, 1.82) is 0 Å². The molecule has 0 amide bonds. The van der Waals surface area contributed by atoms with Crippen LogP contribution in [0.25, 0.3) is 0 Å². The average molecular weight is 336 g/mol. The van der Waals surface area contributed by atoms with Gasteiger partial charge in [-0.15, -0.1) is 4.51 Å². The van der Waals surface area contributed by atoms with Crippen LogP contribution in [0.1, 0.15) is 0 Å². The van der Waals surface area contributed by atoms with Crippen molar-refractivity contribution >= 4 is 16.6 Å². The molecule has 1 unspecified atom stereocenters. The average Bonchev–Trinajstić information content (AvgIpc) is 2.57. The van der Waals surface area contributed by atoms with E-state index in [0.717, 1.165) is 5.75 Å². The number of aromatic nitrogens is 2. The van der Waals surface area contributed by atoms with Gasteiger partial charge < -0.3 is 18.8 Å². The summed E-state index contributed by atoms with van der Waals surface area (Å²) in [4.78, 5) is 5.83. The lowest BCUT2D eigenvalue weighted by Crippen LogP contribution is -2.07. The molecule has 3 aromatic rings. The SMILES string of the molecule is COc1cccc(On2pnp2Oc2ccccc2)c1OC. The molecule has 0 bridgehead atoms. The summed E-state index contributed by atoms with van der Waals surface area (Å²) in [5, 5.41) is 0. The number of benzene rings is 2. The van der Waals surface area contributed by atoms with Crippen molar-refractivity contribution in [3.63, 3.8) is 0 Å². The molecule has 0 saturated heterocycles. The van der Waals surface area contributed by atoms with Gasteiger partial charge in [0.1, 0.15) is 5.75 Å². The summed E-state index contributed by atoms with van der Waals surface area (Å²) < 4.78 is 22.3. The minimum Gasteiger partial charge on any atom is -0.493 e. The van der Waals surface area contributed by atoms with E-state index in [-0.39, 0.29) is 0 Å². The Hall–Kier alpha value is -2.16. The van der Waals surface area contributed by atoms with Gasteiger partial charge in [0.25, 0.3) is 0 Å². The van der Waals surface area contributed by atoms with E-state index in [1.54, 1.807) is 18.5 Å². The van der Waals surface area contributed by atoms with Crippen molar-refractivity contribution < 1.29 is 18.8 Å². The lowest BCUT2D eigenvalue weighted by Gasteiger charge is -2.17. The highest BCUT2D eigenvalue weighted by Crippen LogP contribution is 2.40. The molecule has 2 aromatic carbocycles. The van der Waals surface area contributed by atoms with Crippen LogP contribution < -0.4 is 18.8 Å². The molecule has 0 aliphatic carbocycles. The number of para-hydroxylation sites is 2. The maximum Gasteiger partial charge on any atom is 0.303 e. The van der Waals surface area contributed by atoms with Gasteiger partial charge in [0.05, 0.1) is 14.2 Å². The van der Waals surface area contributed by atoms with Crippen LogP contribution in [0.4, 0.5) is 0 Å². The van der Waals surface area contributed by atoms with E-state index >= 15 is 0 Å². The number of nitrogens with zero attached hydrogens (tertiary/aromatic N) is 2. The minimum atomic E-state index is -1.17. The van der Waals surface area contributed by atoms with Gasteiger partial charge >= 0.3 is 8.08 Å². The second-order valence-corrected chi connectivity index (χ2v) is 6.80. The van der Waals surface area contributed by atoms with E-state index in [0.29, 0.717) is 25.8 Å². The van der Waals surface area contributed by atoms with Crippen molar-refractivity contribution in [3.8, 4) is 23.0 Å². The highest BCUT2D eigenvalue weighted by Gasteiger charge is 2.16. The summed E-state index contributed by atoms with van der Waals surface area (Å²) in [6.07, 6.45) is 0. The molecule has 6 nitrogen and oxygen atoms in total. The first-order chi connectivity index (χ1) is 10.8. The Morgan fingerprint density at radius 2 is 1.73 bits per heavy atom. The standard InChI is InChI=1S/C14H14N2O4P2/c1-17-12-9-6-10-13(14(12)18-2)19-16-21-15-22(16)20-11-7-4-3-5-8-11/h3-10H,1-2H3. The Morgan fingerprint density at radius 1 is 0.955 bits per heavy atom. The Balaban J connectivity index is 1.79.